The van der Waals surface area contributed by atoms with Crippen molar-refractivity contribution in [3.05, 3.63) is 194 Å². The maximum Gasteiger partial charge on any atom is 0.127 e. The Bertz CT molecular complexity index is 2560. The topological polar surface area (TPSA) is 18.5 Å². The highest BCUT2D eigenvalue weighted by molar-refractivity contribution is 6.21. The van der Waals surface area contributed by atoms with E-state index in [2.05, 4.69) is 194 Å². The third kappa shape index (κ3) is 5.60. The molecule has 0 aliphatic rings. The van der Waals surface area contributed by atoms with Crippen molar-refractivity contribution >= 4 is 21.5 Å². The van der Waals surface area contributed by atoms with E-state index in [0.717, 1.165) is 99.8 Å². The van der Waals surface area contributed by atoms with Gasteiger partial charge in [-0.1, -0.05) is 182 Å². The highest BCUT2D eigenvalue weighted by Gasteiger charge is 2.32. The number of methoxy groups -OCH3 is 2. The number of benzene rings is 9. The quantitative estimate of drug-likeness (QED) is 0.158. The first-order chi connectivity index (χ1) is 26.8. The molecule has 0 radical (unpaired) electrons. The van der Waals surface area contributed by atoms with Crippen molar-refractivity contribution in [1.29, 1.82) is 0 Å². The summed E-state index contributed by atoms with van der Waals surface area (Å²) in [5.41, 5.74) is 13.3. The molecular weight excluding hydrogens is 657 g/mol. The fraction of sp³-hybridized carbons (Fsp3) is 0.0385. The van der Waals surface area contributed by atoms with Gasteiger partial charge in [0.15, 0.2) is 0 Å². The highest BCUT2D eigenvalue weighted by atomic mass is 16.5. The molecule has 0 heterocycles. The molecule has 0 aliphatic heterocycles. The van der Waals surface area contributed by atoms with Crippen LogP contribution in [0.3, 0.4) is 0 Å². The average Bonchev–Trinajstić information content (AvgIpc) is 3.26. The normalized spacial score (nSPS) is 11.1. The van der Waals surface area contributed by atoms with Crippen LogP contribution in [0.25, 0.3) is 88.3 Å². The lowest BCUT2D eigenvalue weighted by Gasteiger charge is -2.30. The van der Waals surface area contributed by atoms with Gasteiger partial charge in [0, 0.05) is 22.3 Å². The van der Waals surface area contributed by atoms with E-state index in [1.54, 1.807) is 14.2 Å². The van der Waals surface area contributed by atoms with Gasteiger partial charge in [-0.05, 0) is 78.2 Å². The third-order valence-corrected chi connectivity index (χ3v) is 10.5. The van der Waals surface area contributed by atoms with Crippen LogP contribution in [0, 0.1) is 0 Å². The fourth-order valence-electron chi connectivity index (χ4n) is 8.18. The van der Waals surface area contributed by atoms with E-state index in [9.17, 15) is 0 Å². The molecule has 0 unspecified atom stereocenters. The standard InChI is InChI=1S/C52H38O2/c1-53-43-33-31-35-19-15-17-29-41(35)49(43)51-47(39-25-11-5-12-26-39)45(37-21-7-3-8-22-37)46(38-23-9-4-10-24-38)48(40-27-13-6-14-28-40)52(51)50-42-30-18-16-20-36(42)32-34-44(50)54-2/h3-34H,1-2H3. The van der Waals surface area contributed by atoms with Crippen molar-refractivity contribution in [3.63, 3.8) is 0 Å². The van der Waals surface area contributed by atoms with E-state index in [1.807, 2.05) is 0 Å². The monoisotopic (exact) mass is 694 g/mol. The Morgan fingerprint density at radius 1 is 0.241 bits per heavy atom. The Labute approximate surface area is 316 Å². The molecule has 0 aromatic heterocycles. The molecule has 0 N–H and O–H groups in total. The lowest BCUT2D eigenvalue weighted by Crippen LogP contribution is -2.04. The second-order valence-corrected chi connectivity index (χ2v) is 13.4. The van der Waals surface area contributed by atoms with Gasteiger partial charge in [-0.15, -0.1) is 0 Å². The molecule has 9 aromatic carbocycles. The summed E-state index contributed by atoms with van der Waals surface area (Å²) in [6, 6.07) is 69.2. The Morgan fingerprint density at radius 3 is 0.833 bits per heavy atom. The molecule has 0 saturated heterocycles. The van der Waals surface area contributed by atoms with E-state index in [0.29, 0.717) is 0 Å². The molecule has 54 heavy (non-hydrogen) atoms. The number of fused-ring (bicyclic) bond motifs is 2. The predicted octanol–water partition coefficient (Wildman–Crippen LogP) is 14.0. The summed E-state index contributed by atoms with van der Waals surface area (Å²) in [7, 11) is 3.56. The maximum atomic E-state index is 6.41. The van der Waals surface area contributed by atoms with Gasteiger partial charge in [-0.25, -0.2) is 0 Å². The number of rotatable bonds is 8. The van der Waals surface area contributed by atoms with Gasteiger partial charge in [-0.3, -0.25) is 0 Å². The van der Waals surface area contributed by atoms with Crippen LogP contribution in [-0.2, 0) is 0 Å². The van der Waals surface area contributed by atoms with Gasteiger partial charge < -0.3 is 9.47 Å². The molecule has 0 fully saturated rings. The zero-order valence-electron chi connectivity index (χ0n) is 30.3. The van der Waals surface area contributed by atoms with Crippen LogP contribution in [0.2, 0.25) is 0 Å². The molecule has 0 bridgehead atoms. The van der Waals surface area contributed by atoms with E-state index in [4.69, 9.17) is 9.47 Å². The van der Waals surface area contributed by atoms with E-state index >= 15 is 0 Å². The van der Waals surface area contributed by atoms with Crippen molar-refractivity contribution < 1.29 is 9.47 Å². The minimum absolute atomic E-state index is 0.803. The predicted molar refractivity (Wildman–Crippen MR) is 227 cm³/mol. The zero-order chi connectivity index (χ0) is 36.4. The average molecular weight is 695 g/mol. The summed E-state index contributed by atoms with van der Waals surface area (Å²) in [5.74, 6) is 1.61. The third-order valence-electron chi connectivity index (χ3n) is 10.5. The minimum Gasteiger partial charge on any atom is -0.496 e. The van der Waals surface area contributed by atoms with Crippen LogP contribution in [0.1, 0.15) is 0 Å². The van der Waals surface area contributed by atoms with E-state index in [-0.39, 0.29) is 0 Å². The summed E-state index contributed by atoms with van der Waals surface area (Å²) < 4.78 is 12.8. The largest absolute Gasteiger partial charge is 0.496 e. The summed E-state index contributed by atoms with van der Waals surface area (Å²) in [5, 5.41) is 4.50. The second kappa shape index (κ2) is 14.3. The van der Waals surface area contributed by atoms with Gasteiger partial charge in [-0.2, -0.15) is 0 Å². The summed E-state index contributed by atoms with van der Waals surface area (Å²) >= 11 is 0. The smallest absolute Gasteiger partial charge is 0.127 e. The lowest BCUT2D eigenvalue weighted by molar-refractivity contribution is 0.416. The van der Waals surface area contributed by atoms with E-state index < -0.39 is 0 Å². The van der Waals surface area contributed by atoms with Gasteiger partial charge in [0.05, 0.1) is 14.2 Å². The number of ether oxygens (including phenoxy) is 2. The van der Waals surface area contributed by atoms with Crippen molar-refractivity contribution in [2.45, 2.75) is 0 Å². The first kappa shape index (κ1) is 33.0. The minimum atomic E-state index is 0.803. The van der Waals surface area contributed by atoms with Crippen LogP contribution >= 0.6 is 0 Å². The van der Waals surface area contributed by atoms with Crippen molar-refractivity contribution in [2.75, 3.05) is 14.2 Å². The molecule has 258 valence electrons. The van der Waals surface area contributed by atoms with Crippen molar-refractivity contribution in [3.8, 4) is 78.3 Å². The van der Waals surface area contributed by atoms with Crippen LogP contribution in [0.5, 0.6) is 11.5 Å². The fourth-order valence-corrected chi connectivity index (χ4v) is 8.18. The SMILES string of the molecule is COc1ccc2ccccc2c1-c1c(-c2ccccc2)c(-c2ccccc2)c(-c2ccccc2)c(-c2ccccc2)c1-c1c(OC)ccc2ccccc12. The van der Waals surface area contributed by atoms with Crippen LogP contribution in [-0.4, -0.2) is 14.2 Å². The Kier molecular flexibility index (Phi) is 8.70. The van der Waals surface area contributed by atoms with Crippen LogP contribution < -0.4 is 9.47 Å². The van der Waals surface area contributed by atoms with Gasteiger partial charge >= 0.3 is 0 Å². The van der Waals surface area contributed by atoms with Crippen molar-refractivity contribution in [1.82, 2.24) is 0 Å². The van der Waals surface area contributed by atoms with Crippen molar-refractivity contribution in [2.24, 2.45) is 0 Å². The second-order valence-electron chi connectivity index (χ2n) is 13.4. The molecule has 0 amide bonds. The highest BCUT2D eigenvalue weighted by Crippen LogP contribution is 2.59. The number of hydrogen-bond acceptors (Lipinski definition) is 2. The number of hydrogen-bond donors (Lipinski definition) is 0. The Balaban J connectivity index is 1.69. The molecule has 0 saturated carbocycles. The molecule has 2 heteroatoms. The molecular formula is C52H38O2. The molecule has 2 nitrogen and oxygen atoms in total. The first-order valence-electron chi connectivity index (χ1n) is 18.3. The summed E-state index contributed by atoms with van der Waals surface area (Å²) in [6.07, 6.45) is 0. The lowest BCUT2D eigenvalue weighted by atomic mass is 9.73. The molecule has 9 aromatic rings. The maximum absolute atomic E-state index is 6.41. The zero-order valence-corrected chi connectivity index (χ0v) is 30.3. The Hall–Kier alpha value is -6.90. The molecule has 0 atom stereocenters. The van der Waals surface area contributed by atoms with Crippen LogP contribution in [0.15, 0.2) is 194 Å². The molecule has 0 spiro atoms. The summed E-state index contributed by atoms with van der Waals surface area (Å²) in [4.78, 5) is 0. The van der Waals surface area contributed by atoms with Gasteiger partial charge in [0.2, 0.25) is 0 Å². The Morgan fingerprint density at radius 2 is 0.519 bits per heavy atom. The molecule has 0 aliphatic carbocycles. The molecule has 9 rings (SSSR count). The first-order valence-corrected chi connectivity index (χ1v) is 18.3. The van der Waals surface area contributed by atoms with Gasteiger partial charge in [0.1, 0.15) is 11.5 Å². The summed E-state index contributed by atoms with van der Waals surface area (Å²) in [6.45, 7) is 0. The van der Waals surface area contributed by atoms with Crippen LogP contribution in [0.4, 0.5) is 0 Å². The van der Waals surface area contributed by atoms with Gasteiger partial charge in [0.25, 0.3) is 0 Å². The van der Waals surface area contributed by atoms with E-state index in [1.165, 1.54) is 0 Å².